The summed E-state index contributed by atoms with van der Waals surface area (Å²) in [7, 11) is 0. The standard InChI is InChI=1S/C15H17NO5/c1-8-11(15(20)21)3-2-4-12(8)16-13(17)9-5-6-10(7-9)14(18)19/h2-4,9-10H,5-7H2,1H3,(H,16,17)(H,18,19)(H,20,21)/t9-,10+/m1/s1. The third-order valence-electron chi connectivity index (χ3n) is 3.97. The van der Waals surface area contributed by atoms with E-state index in [1.165, 1.54) is 6.07 Å². The van der Waals surface area contributed by atoms with E-state index < -0.39 is 17.9 Å². The largest absolute Gasteiger partial charge is 0.481 e. The van der Waals surface area contributed by atoms with Gasteiger partial charge in [0.15, 0.2) is 0 Å². The molecule has 1 aromatic carbocycles. The molecule has 1 saturated carbocycles. The molecule has 1 aliphatic rings. The van der Waals surface area contributed by atoms with Gasteiger partial charge in [0.25, 0.3) is 0 Å². The molecule has 1 fully saturated rings. The molecule has 1 amide bonds. The predicted molar refractivity (Wildman–Crippen MR) is 75.2 cm³/mol. The fourth-order valence-electron chi connectivity index (χ4n) is 2.68. The summed E-state index contributed by atoms with van der Waals surface area (Å²) in [6.45, 7) is 1.63. The molecule has 0 saturated heterocycles. The topological polar surface area (TPSA) is 104 Å². The average molecular weight is 291 g/mol. The minimum absolute atomic E-state index is 0.141. The second kappa shape index (κ2) is 5.95. The zero-order chi connectivity index (χ0) is 15.6. The van der Waals surface area contributed by atoms with Crippen molar-refractivity contribution in [3.05, 3.63) is 29.3 Å². The van der Waals surface area contributed by atoms with Crippen LogP contribution in [-0.4, -0.2) is 28.1 Å². The van der Waals surface area contributed by atoms with Crippen molar-refractivity contribution in [3.8, 4) is 0 Å². The Kier molecular flexibility index (Phi) is 4.26. The first-order valence-electron chi connectivity index (χ1n) is 6.76. The first kappa shape index (κ1) is 15.0. The van der Waals surface area contributed by atoms with Crippen molar-refractivity contribution in [3.63, 3.8) is 0 Å². The number of benzene rings is 1. The second-order valence-corrected chi connectivity index (χ2v) is 5.32. The van der Waals surface area contributed by atoms with Crippen molar-refractivity contribution in [1.29, 1.82) is 0 Å². The number of carbonyl (C=O) groups excluding carboxylic acids is 1. The molecule has 0 aliphatic heterocycles. The molecule has 0 aromatic heterocycles. The first-order chi connectivity index (χ1) is 9.90. The second-order valence-electron chi connectivity index (χ2n) is 5.32. The number of amides is 1. The van der Waals surface area contributed by atoms with Crippen molar-refractivity contribution in [2.24, 2.45) is 11.8 Å². The Morgan fingerprint density at radius 1 is 1.14 bits per heavy atom. The highest BCUT2D eigenvalue weighted by Gasteiger charge is 2.34. The number of anilines is 1. The summed E-state index contributed by atoms with van der Waals surface area (Å²) in [4.78, 5) is 34.1. The van der Waals surface area contributed by atoms with Gasteiger partial charge in [-0.25, -0.2) is 4.79 Å². The maximum Gasteiger partial charge on any atom is 0.336 e. The van der Waals surface area contributed by atoms with Crippen LogP contribution in [0.3, 0.4) is 0 Å². The van der Waals surface area contributed by atoms with Crippen LogP contribution in [-0.2, 0) is 9.59 Å². The SMILES string of the molecule is Cc1c(NC(=O)[C@@H]2CC[C@H](C(=O)O)C2)cccc1C(=O)O. The van der Waals surface area contributed by atoms with Gasteiger partial charge >= 0.3 is 11.9 Å². The number of hydrogen-bond donors (Lipinski definition) is 3. The van der Waals surface area contributed by atoms with Gasteiger partial charge < -0.3 is 15.5 Å². The smallest absolute Gasteiger partial charge is 0.336 e. The van der Waals surface area contributed by atoms with E-state index in [2.05, 4.69) is 5.32 Å². The van der Waals surface area contributed by atoms with Gasteiger partial charge in [0.1, 0.15) is 0 Å². The molecule has 0 radical (unpaired) electrons. The number of hydrogen-bond acceptors (Lipinski definition) is 3. The van der Waals surface area contributed by atoms with Crippen LogP contribution in [0.25, 0.3) is 0 Å². The number of nitrogens with one attached hydrogen (secondary N) is 1. The number of aliphatic carboxylic acids is 1. The predicted octanol–water partition coefficient (Wildman–Crippen LogP) is 2.13. The highest BCUT2D eigenvalue weighted by atomic mass is 16.4. The van der Waals surface area contributed by atoms with Crippen LogP contribution in [0, 0.1) is 18.8 Å². The zero-order valence-corrected chi connectivity index (χ0v) is 11.6. The Morgan fingerprint density at radius 2 is 1.81 bits per heavy atom. The van der Waals surface area contributed by atoms with Gasteiger partial charge in [0.2, 0.25) is 5.91 Å². The van der Waals surface area contributed by atoms with Crippen molar-refractivity contribution in [2.75, 3.05) is 5.32 Å². The van der Waals surface area contributed by atoms with Gasteiger partial charge in [0, 0.05) is 11.6 Å². The zero-order valence-electron chi connectivity index (χ0n) is 11.6. The van der Waals surface area contributed by atoms with Crippen LogP contribution in [0.1, 0.15) is 35.2 Å². The Hall–Kier alpha value is -2.37. The van der Waals surface area contributed by atoms with E-state index in [4.69, 9.17) is 10.2 Å². The fraction of sp³-hybridized carbons (Fsp3) is 0.400. The molecular weight excluding hydrogens is 274 g/mol. The van der Waals surface area contributed by atoms with E-state index in [0.717, 1.165) is 0 Å². The molecule has 2 rings (SSSR count). The third-order valence-corrected chi connectivity index (χ3v) is 3.97. The Labute approximate surface area is 121 Å². The molecule has 0 unspecified atom stereocenters. The molecule has 6 heteroatoms. The lowest BCUT2D eigenvalue weighted by Crippen LogP contribution is -2.22. The lowest BCUT2D eigenvalue weighted by atomic mass is 10.0. The van der Waals surface area contributed by atoms with Crippen molar-refractivity contribution in [2.45, 2.75) is 26.2 Å². The molecule has 0 bridgehead atoms. The minimum Gasteiger partial charge on any atom is -0.481 e. The number of carbonyl (C=O) groups is 3. The van der Waals surface area contributed by atoms with Gasteiger partial charge in [-0.1, -0.05) is 6.07 Å². The number of aromatic carboxylic acids is 1. The summed E-state index contributed by atoms with van der Waals surface area (Å²) in [5.41, 5.74) is 1.09. The van der Waals surface area contributed by atoms with Crippen LogP contribution < -0.4 is 5.32 Å². The van der Waals surface area contributed by atoms with E-state index >= 15 is 0 Å². The van der Waals surface area contributed by atoms with E-state index in [1.54, 1.807) is 19.1 Å². The van der Waals surface area contributed by atoms with E-state index in [1.807, 2.05) is 0 Å². The molecule has 0 heterocycles. The highest BCUT2D eigenvalue weighted by Crippen LogP contribution is 2.32. The minimum atomic E-state index is -1.05. The molecule has 1 aromatic rings. The van der Waals surface area contributed by atoms with Crippen LogP contribution in [0.4, 0.5) is 5.69 Å². The molecule has 6 nitrogen and oxygen atoms in total. The van der Waals surface area contributed by atoms with Gasteiger partial charge in [0.05, 0.1) is 11.5 Å². The van der Waals surface area contributed by atoms with Gasteiger partial charge in [-0.3, -0.25) is 9.59 Å². The van der Waals surface area contributed by atoms with Crippen molar-refractivity contribution in [1.82, 2.24) is 0 Å². The third kappa shape index (κ3) is 3.21. The summed E-state index contributed by atoms with van der Waals surface area (Å²) in [5, 5.41) is 20.7. The maximum absolute atomic E-state index is 12.2. The van der Waals surface area contributed by atoms with Crippen LogP contribution in [0.2, 0.25) is 0 Å². The summed E-state index contributed by atoms with van der Waals surface area (Å²) in [5.74, 6) is -2.96. The van der Waals surface area contributed by atoms with E-state index in [-0.39, 0.29) is 17.4 Å². The molecule has 112 valence electrons. The Morgan fingerprint density at radius 3 is 2.38 bits per heavy atom. The Balaban J connectivity index is 2.09. The molecule has 3 N–H and O–H groups in total. The van der Waals surface area contributed by atoms with E-state index in [9.17, 15) is 14.4 Å². The lowest BCUT2D eigenvalue weighted by Gasteiger charge is -2.14. The molecule has 1 aliphatic carbocycles. The quantitative estimate of drug-likeness (QED) is 0.788. The Bertz CT molecular complexity index is 596. The van der Waals surface area contributed by atoms with Crippen LogP contribution in [0.5, 0.6) is 0 Å². The summed E-state index contributed by atoms with van der Waals surface area (Å²) in [6.07, 6.45) is 1.38. The fourth-order valence-corrected chi connectivity index (χ4v) is 2.68. The van der Waals surface area contributed by atoms with Gasteiger partial charge in [-0.15, -0.1) is 0 Å². The molecular formula is C15H17NO5. The molecule has 0 spiro atoms. The van der Waals surface area contributed by atoms with Gasteiger partial charge in [-0.2, -0.15) is 0 Å². The normalized spacial score (nSPS) is 21.0. The highest BCUT2D eigenvalue weighted by molar-refractivity contribution is 5.97. The maximum atomic E-state index is 12.2. The summed E-state index contributed by atoms with van der Waals surface area (Å²) in [6, 6.07) is 4.69. The van der Waals surface area contributed by atoms with E-state index in [0.29, 0.717) is 30.5 Å². The average Bonchev–Trinajstić information content (AvgIpc) is 2.90. The van der Waals surface area contributed by atoms with Crippen LogP contribution in [0.15, 0.2) is 18.2 Å². The molecule has 21 heavy (non-hydrogen) atoms. The molecule has 2 atom stereocenters. The summed E-state index contributed by atoms with van der Waals surface area (Å²) < 4.78 is 0. The van der Waals surface area contributed by atoms with Gasteiger partial charge in [-0.05, 0) is 43.9 Å². The van der Waals surface area contributed by atoms with Crippen molar-refractivity contribution >= 4 is 23.5 Å². The van der Waals surface area contributed by atoms with Crippen molar-refractivity contribution < 1.29 is 24.6 Å². The monoisotopic (exact) mass is 291 g/mol. The number of carboxylic acid groups (broad SMARTS) is 2. The lowest BCUT2D eigenvalue weighted by molar-refractivity contribution is -0.141. The first-order valence-corrected chi connectivity index (χ1v) is 6.76. The van der Waals surface area contributed by atoms with Crippen LogP contribution >= 0.6 is 0 Å². The number of carboxylic acids is 2. The summed E-state index contributed by atoms with van der Waals surface area (Å²) >= 11 is 0. The number of rotatable bonds is 4.